The molecule has 1 atom stereocenters. The lowest BCUT2D eigenvalue weighted by Gasteiger charge is -2.16. The first-order valence-electron chi connectivity index (χ1n) is 6.97. The summed E-state index contributed by atoms with van der Waals surface area (Å²) in [6.07, 6.45) is 2.70. The second-order valence-corrected chi connectivity index (χ2v) is 4.60. The molecule has 1 heterocycles. The van der Waals surface area contributed by atoms with Crippen molar-refractivity contribution in [1.29, 1.82) is 0 Å². The Morgan fingerprint density at radius 2 is 2.00 bits per heavy atom. The van der Waals surface area contributed by atoms with E-state index in [0.717, 1.165) is 50.6 Å². The van der Waals surface area contributed by atoms with Crippen molar-refractivity contribution in [1.82, 2.24) is 15.0 Å². The lowest BCUT2D eigenvalue weighted by atomic mass is 10.0. The highest BCUT2D eigenvalue weighted by Gasteiger charge is 2.12. The van der Waals surface area contributed by atoms with Gasteiger partial charge in [-0.2, -0.15) is 4.98 Å². The molecule has 0 fully saturated rings. The SMILES string of the molecule is CCC(CN)Cc1nc(CCN(CC)CC)no1. The van der Waals surface area contributed by atoms with Gasteiger partial charge in [-0.25, -0.2) is 0 Å². The number of hydrogen-bond donors (Lipinski definition) is 1. The van der Waals surface area contributed by atoms with Gasteiger partial charge in [0.1, 0.15) is 0 Å². The largest absolute Gasteiger partial charge is 0.339 e. The van der Waals surface area contributed by atoms with Crippen molar-refractivity contribution in [2.75, 3.05) is 26.2 Å². The molecule has 0 saturated heterocycles. The quantitative estimate of drug-likeness (QED) is 0.723. The molecule has 5 nitrogen and oxygen atoms in total. The maximum absolute atomic E-state index is 5.68. The molecule has 0 aromatic carbocycles. The lowest BCUT2D eigenvalue weighted by Crippen LogP contribution is -2.25. The molecule has 5 heteroatoms. The topological polar surface area (TPSA) is 68.2 Å². The summed E-state index contributed by atoms with van der Waals surface area (Å²) in [5.74, 6) is 1.98. The van der Waals surface area contributed by atoms with Crippen LogP contribution in [0.3, 0.4) is 0 Å². The van der Waals surface area contributed by atoms with Crippen molar-refractivity contribution in [2.45, 2.75) is 40.0 Å². The molecule has 0 aliphatic carbocycles. The molecule has 2 N–H and O–H groups in total. The fourth-order valence-corrected chi connectivity index (χ4v) is 1.91. The van der Waals surface area contributed by atoms with Gasteiger partial charge in [0.05, 0.1) is 0 Å². The first-order chi connectivity index (χ1) is 8.73. The van der Waals surface area contributed by atoms with Crippen LogP contribution >= 0.6 is 0 Å². The zero-order chi connectivity index (χ0) is 13.4. The predicted octanol–water partition coefficient (Wildman–Crippen LogP) is 1.48. The van der Waals surface area contributed by atoms with Crippen molar-refractivity contribution in [2.24, 2.45) is 11.7 Å². The predicted molar refractivity (Wildman–Crippen MR) is 72.3 cm³/mol. The van der Waals surface area contributed by atoms with E-state index in [1.165, 1.54) is 0 Å². The second kappa shape index (κ2) is 8.21. The number of rotatable bonds is 9. The highest BCUT2D eigenvalue weighted by molar-refractivity contribution is 4.89. The third-order valence-electron chi connectivity index (χ3n) is 3.43. The number of likely N-dealkylation sites (N-methyl/N-ethyl adjacent to an activating group) is 1. The van der Waals surface area contributed by atoms with E-state index in [1.807, 2.05) is 0 Å². The second-order valence-electron chi connectivity index (χ2n) is 4.60. The molecular weight excluding hydrogens is 228 g/mol. The van der Waals surface area contributed by atoms with Crippen molar-refractivity contribution >= 4 is 0 Å². The highest BCUT2D eigenvalue weighted by atomic mass is 16.5. The van der Waals surface area contributed by atoms with Crippen LogP contribution in [-0.2, 0) is 12.8 Å². The monoisotopic (exact) mass is 254 g/mol. The first kappa shape index (κ1) is 15.1. The summed E-state index contributed by atoms with van der Waals surface area (Å²) in [6.45, 7) is 10.2. The summed E-state index contributed by atoms with van der Waals surface area (Å²) in [7, 11) is 0. The number of aromatic nitrogens is 2. The van der Waals surface area contributed by atoms with Crippen LogP contribution in [0.15, 0.2) is 4.52 Å². The smallest absolute Gasteiger partial charge is 0.226 e. The average molecular weight is 254 g/mol. The molecule has 0 bridgehead atoms. The maximum Gasteiger partial charge on any atom is 0.226 e. The molecule has 0 radical (unpaired) electrons. The molecule has 0 amide bonds. The lowest BCUT2D eigenvalue weighted by molar-refractivity contribution is 0.302. The normalized spacial score (nSPS) is 13.2. The van der Waals surface area contributed by atoms with E-state index in [-0.39, 0.29) is 0 Å². The van der Waals surface area contributed by atoms with Gasteiger partial charge in [-0.05, 0) is 25.6 Å². The molecule has 0 aliphatic heterocycles. The van der Waals surface area contributed by atoms with E-state index in [9.17, 15) is 0 Å². The fourth-order valence-electron chi connectivity index (χ4n) is 1.91. The summed E-state index contributed by atoms with van der Waals surface area (Å²) in [5, 5.41) is 4.02. The van der Waals surface area contributed by atoms with Crippen molar-refractivity contribution < 1.29 is 4.52 Å². The van der Waals surface area contributed by atoms with Gasteiger partial charge in [-0.1, -0.05) is 32.3 Å². The average Bonchev–Trinajstić information content (AvgIpc) is 2.85. The minimum Gasteiger partial charge on any atom is -0.339 e. The van der Waals surface area contributed by atoms with E-state index in [2.05, 4.69) is 35.8 Å². The van der Waals surface area contributed by atoms with E-state index in [0.29, 0.717) is 12.5 Å². The summed E-state index contributed by atoms with van der Waals surface area (Å²) in [4.78, 5) is 6.78. The van der Waals surface area contributed by atoms with Gasteiger partial charge in [0, 0.05) is 19.4 Å². The van der Waals surface area contributed by atoms with Gasteiger partial charge in [-0.15, -0.1) is 0 Å². The van der Waals surface area contributed by atoms with E-state index in [4.69, 9.17) is 10.3 Å². The van der Waals surface area contributed by atoms with Gasteiger partial charge in [-0.3, -0.25) is 0 Å². The first-order valence-corrected chi connectivity index (χ1v) is 6.97. The van der Waals surface area contributed by atoms with Gasteiger partial charge in [0.25, 0.3) is 0 Å². The van der Waals surface area contributed by atoms with E-state index in [1.54, 1.807) is 0 Å². The van der Waals surface area contributed by atoms with E-state index >= 15 is 0 Å². The van der Waals surface area contributed by atoms with Gasteiger partial charge >= 0.3 is 0 Å². The Labute approximate surface area is 110 Å². The van der Waals surface area contributed by atoms with Gasteiger partial charge in [0.15, 0.2) is 5.82 Å². The Morgan fingerprint density at radius 3 is 2.56 bits per heavy atom. The third-order valence-corrected chi connectivity index (χ3v) is 3.43. The highest BCUT2D eigenvalue weighted by Crippen LogP contribution is 2.09. The summed E-state index contributed by atoms with van der Waals surface area (Å²) in [5.41, 5.74) is 5.68. The molecule has 18 heavy (non-hydrogen) atoms. The Hall–Kier alpha value is -0.940. The Balaban J connectivity index is 2.43. The molecule has 0 saturated carbocycles. The zero-order valence-corrected chi connectivity index (χ0v) is 11.9. The Kier molecular flexibility index (Phi) is 6.90. The summed E-state index contributed by atoms with van der Waals surface area (Å²) in [6, 6.07) is 0. The van der Waals surface area contributed by atoms with Crippen LogP contribution in [0.25, 0.3) is 0 Å². The summed E-state index contributed by atoms with van der Waals surface area (Å²) < 4.78 is 5.26. The van der Waals surface area contributed by atoms with Gasteiger partial charge in [0.2, 0.25) is 5.89 Å². The minimum atomic E-state index is 0.445. The molecule has 1 aromatic heterocycles. The van der Waals surface area contributed by atoms with Crippen LogP contribution < -0.4 is 5.73 Å². The van der Waals surface area contributed by atoms with Crippen LogP contribution in [0, 0.1) is 5.92 Å². The van der Waals surface area contributed by atoms with Crippen molar-refractivity contribution in [3.05, 3.63) is 11.7 Å². The van der Waals surface area contributed by atoms with Crippen LogP contribution in [0.1, 0.15) is 38.9 Å². The van der Waals surface area contributed by atoms with Crippen molar-refractivity contribution in [3.63, 3.8) is 0 Å². The molecule has 1 unspecified atom stereocenters. The van der Waals surface area contributed by atoms with Crippen LogP contribution in [0.4, 0.5) is 0 Å². The van der Waals surface area contributed by atoms with Gasteiger partial charge < -0.3 is 15.2 Å². The zero-order valence-electron chi connectivity index (χ0n) is 11.9. The fraction of sp³-hybridized carbons (Fsp3) is 0.846. The van der Waals surface area contributed by atoms with E-state index < -0.39 is 0 Å². The number of nitrogens with two attached hydrogens (primary N) is 1. The third kappa shape index (κ3) is 4.74. The molecule has 1 rings (SSSR count). The number of nitrogens with zero attached hydrogens (tertiary/aromatic N) is 3. The Bertz CT molecular complexity index is 319. The van der Waals surface area contributed by atoms with Crippen LogP contribution in [-0.4, -0.2) is 41.2 Å². The minimum absolute atomic E-state index is 0.445. The summed E-state index contributed by atoms with van der Waals surface area (Å²) >= 11 is 0. The van der Waals surface area contributed by atoms with Crippen molar-refractivity contribution in [3.8, 4) is 0 Å². The molecule has 0 aliphatic rings. The number of hydrogen-bond acceptors (Lipinski definition) is 5. The molecular formula is C13H26N4O. The van der Waals surface area contributed by atoms with Crippen LogP contribution in [0.5, 0.6) is 0 Å². The molecule has 1 aromatic rings. The maximum atomic E-state index is 5.68. The molecule has 0 spiro atoms. The molecule has 104 valence electrons. The standard InChI is InChI=1S/C13H26N4O/c1-4-11(10-14)9-13-15-12(16-18-13)7-8-17(5-2)6-3/h11H,4-10,14H2,1-3H3. The Morgan fingerprint density at radius 1 is 1.28 bits per heavy atom. The van der Waals surface area contributed by atoms with Crippen LogP contribution in [0.2, 0.25) is 0 Å².